The highest BCUT2D eigenvalue weighted by molar-refractivity contribution is 6.30. The van der Waals surface area contributed by atoms with Gasteiger partial charge in [0.05, 0.1) is 6.61 Å². The summed E-state index contributed by atoms with van der Waals surface area (Å²) in [7, 11) is 0. The van der Waals surface area contributed by atoms with E-state index in [1.54, 1.807) is 30.3 Å². The van der Waals surface area contributed by atoms with Gasteiger partial charge in [-0.2, -0.15) is 0 Å². The molecule has 0 aliphatic heterocycles. The van der Waals surface area contributed by atoms with Gasteiger partial charge in [-0.3, -0.25) is 4.79 Å². The second kappa shape index (κ2) is 7.50. The number of carbonyl (C=O) groups is 1. The van der Waals surface area contributed by atoms with Gasteiger partial charge in [-0.1, -0.05) is 29.8 Å². The third-order valence-corrected chi connectivity index (χ3v) is 3.00. The lowest BCUT2D eigenvalue weighted by Crippen LogP contribution is -2.07. The van der Waals surface area contributed by atoms with Gasteiger partial charge in [-0.15, -0.1) is 0 Å². The van der Waals surface area contributed by atoms with E-state index in [0.29, 0.717) is 17.3 Å². The van der Waals surface area contributed by atoms with E-state index in [-0.39, 0.29) is 5.91 Å². The summed E-state index contributed by atoms with van der Waals surface area (Å²) < 4.78 is 5.50. The maximum atomic E-state index is 11.9. The third kappa shape index (κ3) is 4.65. The van der Waals surface area contributed by atoms with Crippen LogP contribution in [-0.2, 0) is 4.79 Å². The molecule has 0 saturated carbocycles. The van der Waals surface area contributed by atoms with Gasteiger partial charge in [-0.25, -0.2) is 0 Å². The van der Waals surface area contributed by atoms with Gasteiger partial charge in [0.2, 0.25) is 5.91 Å². The number of halogens is 1. The topological polar surface area (TPSA) is 38.3 Å². The van der Waals surface area contributed by atoms with Crippen LogP contribution in [0, 0.1) is 0 Å². The van der Waals surface area contributed by atoms with Gasteiger partial charge in [0.15, 0.2) is 0 Å². The summed E-state index contributed by atoms with van der Waals surface area (Å²) in [5.74, 6) is 0.555. The Hall–Kier alpha value is -2.26. The van der Waals surface area contributed by atoms with Crippen molar-refractivity contribution in [3.05, 3.63) is 65.2 Å². The van der Waals surface area contributed by atoms with Gasteiger partial charge in [0.25, 0.3) is 0 Å². The molecule has 2 aromatic carbocycles. The minimum atomic E-state index is -0.205. The molecule has 0 saturated heterocycles. The van der Waals surface area contributed by atoms with E-state index in [1.807, 2.05) is 31.2 Å². The maximum absolute atomic E-state index is 11.9. The van der Waals surface area contributed by atoms with Crippen LogP contribution in [0.1, 0.15) is 12.5 Å². The Morgan fingerprint density at radius 2 is 1.90 bits per heavy atom. The molecule has 0 unspecified atom stereocenters. The molecule has 0 aliphatic rings. The molecule has 0 radical (unpaired) electrons. The molecule has 0 atom stereocenters. The lowest BCUT2D eigenvalue weighted by atomic mass is 10.2. The fourth-order valence-electron chi connectivity index (χ4n) is 1.79. The Labute approximate surface area is 129 Å². The number of hydrogen-bond acceptors (Lipinski definition) is 2. The third-order valence-electron chi connectivity index (χ3n) is 2.74. The highest BCUT2D eigenvalue weighted by Crippen LogP contribution is 2.19. The minimum Gasteiger partial charge on any atom is -0.493 e. The summed E-state index contributed by atoms with van der Waals surface area (Å²) in [6.07, 6.45) is 3.21. The van der Waals surface area contributed by atoms with Crippen molar-refractivity contribution >= 4 is 29.3 Å². The van der Waals surface area contributed by atoms with Crippen LogP contribution in [-0.4, -0.2) is 12.5 Å². The molecule has 0 fully saturated rings. The van der Waals surface area contributed by atoms with Crippen molar-refractivity contribution in [1.82, 2.24) is 0 Å². The monoisotopic (exact) mass is 301 g/mol. The highest BCUT2D eigenvalue weighted by atomic mass is 35.5. The number of anilines is 1. The van der Waals surface area contributed by atoms with Crippen molar-refractivity contribution < 1.29 is 9.53 Å². The zero-order valence-corrected chi connectivity index (χ0v) is 12.4. The van der Waals surface area contributed by atoms with Crippen LogP contribution in [0.25, 0.3) is 6.08 Å². The first kappa shape index (κ1) is 15.1. The molecule has 0 aliphatic carbocycles. The number of nitrogens with one attached hydrogen (secondary N) is 1. The van der Waals surface area contributed by atoms with Crippen LogP contribution < -0.4 is 10.1 Å². The Morgan fingerprint density at radius 3 is 2.62 bits per heavy atom. The van der Waals surface area contributed by atoms with E-state index in [1.165, 1.54) is 6.08 Å². The van der Waals surface area contributed by atoms with Crippen molar-refractivity contribution in [2.24, 2.45) is 0 Å². The average molecular weight is 302 g/mol. The summed E-state index contributed by atoms with van der Waals surface area (Å²) in [4.78, 5) is 11.9. The number of para-hydroxylation sites is 1. The molecular weight excluding hydrogens is 286 g/mol. The molecule has 0 heterocycles. The first-order valence-corrected chi connectivity index (χ1v) is 7.03. The molecule has 2 aromatic rings. The normalized spacial score (nSPS) is 10.6. The predicted molar refractivity (Wildman–Crippen MR) is 86.7 cm³/mol. The predicted octanol–water partition coefficient (Wildman–Crippen LogP) is 4.39. The largest absolute Gasteiger partial charge is 0.493 e. The Balaban J connectivity index is 2.03. The van der Waals surface area contributed by atoms with Crippen molar-refractivity contribution in [2.75, 3.05) is 11.9 Å². The highest BCUT2D eigenvalue weighted by Gasteiger charge is 2.01. The van der Waals surface area contributed by atoms with E-state index in [0.717, 1.165) is 11.3 Å². The SMILES string of the molecule is CCOc1ccccc1/C=C/C(=O)Nc1ccc(Cl)cc1. The second-order valence-corrected chi connectivity index (χ2v) is 4.74. The molecule has 0 spiro atoms. The molecular formula is C17H16ClNO2. The summed E-state index contributed by atoms with van der Waals surface area (Å²) in [5.41, 5.74) is 1.57. The molecule has 2 rings (SSSR count). The zero-order chi connectivity index (χ0) is 15.1. The zero-order valence-electron chi connectivity index (χ0n) is 11.7. The maximum Gasteiger partial charge on any atom is 0.248 e. The van der Waals surface area contributed by atoms with Gasteiger partial charge in [0.1, 0.15) is 5.75 Å². The van der Waals surface area contributed by atoms with Gasteiger partial charge < -0.3 is 10.1 Å². The number of carbonyl (C=O) groups excluding carboxylic acids is 1. The van der Waals surface area contributed by atoms with Crippen LogP contribution in [0.4, 0.5) is 5.69 Å². The lowest BCUT2D eigenvalue weighted by molar-refractivity contribution is -0.111. The molecule has 0 aromatic heterocycles. The van der Waals surface area contributed by atoms with E-state index < -0.39 is 0 Å². The minimum absolute atomic E-state index is 0.205. The molecule has 1 amide bonds. The molecule has 21 heavy (non-hydrogen) atoms. The Kier molecular flexibility index (Phi) is 5.41. The number of amides is 1. The van der Waals surface area contributed by atoms with E-state index in [4.69, 9.17) is 16.3 Å². The number of hydrogen-bond donors (Lipinski definition) is 1. The molecule has 3 nitrogen and oxygen atoms in total. The standard InChI is InChI=1S/C17H16ClNO2/c1-2-21-16-6-4-3-5-13(16)7-12-17(20)19-15-10-8-14(18)9-11-15/h3-12H,2H2,1H3,(H,19,20)/b12-7+. The van der Waals surface area contributed by atoms with E-state index in [2.05, 4.69) is 5.32 Å². The van der Waals surface area contributed by atoms with Crippen molar-refractivity contribution in [3.63, 3.8) is 0 Å². The van der Waals surface area contributed by atoms with Gasteiger partial charge in [-0.05, 0) is 43.3 Å². The van der Waals surface area contributed by atoms with Gasteiger partial charge in [0, 0.05) is 22.3 Å². The number of ether oxygens (including phenoxy) is 1. The lowest BCUT2D eigenvalue weighted by Gasteiger charge is -2.06. The van der Waals surface area contributed by atoms with Crippen molar-refractivity contribution in [2.45, 2.75) is 6.92 Å². The smallest absolute Gasteiger partial charge is 0.248 e. The van der Waals surface area contributed by atoms with E-state index >= 15 is 0 Å². The van der Waals surface area contributed by atoms with Crippen LogP contribution in [0.15, 0.2) is 54.6 Å². The number of rotatable bonds is 5. The molecule has 0 bridgehead atoms. The van der Waals surface area contributed by atoms with Crippen LogP contribution in [0.2, 0.25) is 5.02 Å². The van der Waals surface area contributed by atoms with Crippen molar-refractivity contribution in [1.29, 1.82) is 0 Å². The number of benzene rings is 2. The van der Waals surface area contributed by atoms with Crippen LogP contribution in [0.3, 0.4) is 0 Å². The fourth-order valence-corrected chi connectivity index (χ4v) is 1.91. The molecule has 1 N–H and O–H groups in total. The quantitative estimate of drug-likeness (QED) is 0.832. The van der Waals surface area contributed by atoms with Crippen molar-refractivity contribution in [3.8, 4) is 5.75 Å². The Bertz CT molecular complexity index is 635. The van der Waals surface area contributed by atoms with Gasteiger partial charge >= 0.3 is 0 Å². The molecule has 108 valence electrons. The average Bonchev–Trinajstić information content (AvgIpc) is 2.49. The first-order chi connectivity index (χ1) is 10.2. The summed E-state index contributed by atoms with van der Waals surface area (Å²) >= 11 is 5.80. The van der Waals surface area contributed by atoms with Crippen LogP contribution in [0.5, 0.6) is 5.75 Å². The van der Waals surface area contributed by atoms with Crippen LogP contribution >= 0.6 is 11.6 Å². The first-order valence-electron chi connectivity index (χ1n) is 6.65. The molecule has 4 heteroatoms. The Morgan fingerprint density at radius 1 is 1.19 bits per heavy atom. The summed E-state index contributed by atoms with van der Waals surface area (Å²) in [6.45, 7) is 2.51. The summed E-state index contributed by atoms with van der Waals surface area (Å²) in [5, 5.41) is 3.40. The second-order valence-electron chi connectivity index (χ2n) is 4.30. The van der Waals surface area contributed by atoms with E-state index in [9.17, 15) is 4.79 Å². The fraction of sp³-hybridized carbons (Fsp3) is 0.118. The summed E-state index contributed by atoms with van der Waals surface area (Å²) in [6, 6.07) is 14.5.